The summed E-state index contributed by atoms with van der Waals surface area (Å²) in [6.45, 7) is 2.32. The number of imide groups is 1. The quantitative estimate of drug-likeness (QED) is 0.798. The molecule has 2 heterocycles. The minimum atomic E-state index is -0.200. The number of carbonyl (C=O) groups is 2. The third-order valence-corrected chi connectivity index (χ3v) is 4.12. The van der Waals surface area contributed by atoms with Gasteiger partial charge in [0.15, 0.2) is 0 Å². The summed E-state index contributed by atoms with van der Waals surface area (Å²) in [5.41, 5.74) is 1.98. The number of halogens is 1. The lowest BCUT2D eigenvalue weighted by atomic mass is 10.1. The second-order valence-corrected chi connectivity index (χ2v) is 5.38. The average molecular weight is 353 g/mol. The van der Waals surface area contributed by atoms with Gasteiger partial charge in [-0.05, 0) is 19.1 Å². The van der Waals surface area contributed by atoms with E-state index in [2.05, 4.69) is 4.98 Å². The number of hydrogen-bond acceptors (Lipinski definition) is 4. The van der Waals surface area contributed by atoms with Crippen LogP contribution in [-0.2, 0) is 6.42 Å². The molecule has 1 aliphatic heterocycles. The van der Waals surface area contributed by atoms with Crippen LogP contribution in [0.1, 0.15) is 31.4 Å². The Hall–Kier alpha value is -1.53. The number of hydrogen-bond donors (Lipinski definition) is 0. The molecule has 0 atom stereocenters. The fourth-order valence-corrected chi connectivity index (χ4v) is 2.93. The number of fused-ring (bicyclic) bond motifs is 1. The van der Waals surface area contributed by atoms with Gasteiger partial charge in [-0.3, -0.25) is 14.5 Å². The summed E-state index contributed by atoms with van der Waals surface area (Å²) in [4.78, 5) is 29.9. The Bertz CT molecular complexity index is 634. The Morgan fingerprint density at radius 2 is 1.75 bits per heavy atom. The van der Waals surface area contributed by atoms with Crippen molar-refractivity contribution in [1.29, 1.82) is 0 Å². The molecule has 4 nitrogen and oxygen atoms in total. The van der Waals surface area contributed by atoms with Crippen molar-refractivity contribution >= 4 is 40.1 Å². The molecule has 104 valence electrons. The first kappa shape index (κ1) is 14.9. The molecule has 0 unspecified atom stereocenters. The molecule has 20 heavy (non-hydrogen) atoms. The SMILES string of the molecule is Br.Cc1csc(CCN2C(=O)c3ccccc3C2=O)n1. The number of aryl methyl sites for hydroxylation is 1. The molecule has 3 rings (SSSR count). The minimum Gasteiger partial charge on any atom is -0.274 e. The maximum Gasteiger partial charge on any atom is 0.261 e. The first-order chi connectivity index (χ1) is 9.16. The van der Waals surface area contributed by atoms with Gasteiger partial charge in [0.05, 0.1) is 16.1 Å². The van der Waals surface area contributed by atoms with Gasteiger partial charge >= 0.3 is 0 Å². The lowest BCUT2D eigenvalue weighted by Crippen LogP contribution is -2.31. The molecule has 0 fully saturated rings. The predicted octanol–water partition coefficient (Wildman–Crippen LogP) is 2.87. The molecule has 0 aliphatic carbocycles. The molecule has 2 aromatic rings. The van der Waals surface area contributed by atoms with Gasteiger partial charge in [0.25, 0.3) is 11.8 Å². The van der Waals surface area contributed by atoms with Gasteiger partial charge in [0, 0.05) is 24.0 Å². The highest BCUT2D eigenvalue weighted by Crippen LogP contribution is 2.22. The van der Waals surface area contributed by atoms with Crippen molar-refractivity contribution in [2.45, 2.75) is 13.3 Å². The Morgan fingerprint density at radius 1 is 1.15 bits per heavy atom. The Morgan fingerprint density at radius 3 is 2.25 bits per heavy atom. The van der Waals surface area contributed by atoms with E-state index in [1.807, 2.05) is 12.3 Å². The lowest BCUT2D eigenvalue weighted by Gasteiger charge is -2.12. The fourth-order valence-electron chi connectivity index (χ4n) is 2.17. The Kier molecular flexibility index (Phi) is 4.35. The summed E-state index contributed by atoms with van der Waals surface area (Å²) in [5.74, 6) is -0.400. The Labute approximate surface area is 131 Å². The van der Waals surface area contributed by atoms with Crippen LogP contribution >= 0.6 is 28.3 Å². The summed E-state index contributed by atoms with van der Waals surface area (Å²) in [5, 5.41) is 2.92. The van der Waals surface area contributed by atoms with E-state index in [0.29, 0.717) is 24.1 Å². The van der Waals surface area contributed by atoms with E-state index in [0.717, 1.165) is 10.7 Å². The molecule has 2 amide bonds. The van der Waals surface area contributed by atoms with Crippen LogP contribution in [0.25, 0.3) is 0 Å². The van der Waals surface area contributed by atoms with Crippen molar-refractivity contribution in [2.75, 3.05) is 6.54 Å². The van der Waals surface area contributed by atoms with E-state index in [4.69, 9.17) is 0 Å². The van der Waals surface area contributed by atoms with Gasteiger partial charge in [-0.1, -0.05) is 12.1 Å². The first-order valence-corrected chi connectivity index (χ1v) is 6.91. The third-order valence-electron chi connectivity index (χ3n) is 3.09. The van der Waals surface area contributed by atoms with Crippen LogP contribution in [0.15, 0.2) is 29.6 Å². The topological polar surface area (TPSA) is 50.3 Å². The van der Waals surface area contributed by atoms with E-state index in [9.17, 15) is 9.59 Å². The molecule has 6 heteroatoms. The number of thiazole rings is 1. The maximum absolute atomic E-state index is 12.1. The predicted molar refractivity (Wildman–Crippen MR) is 82.7 cm³/mol. The van der Waals surface area contributed by atoms with Crippen LogP contribution in [0.5, 0.6) is 0 Å². The average Bonchev–Trinajstić information content (AvgIpc) is 2.93. The van der Waals surface area contributed by atoms with Crippen molar-refractivity contribution in [3.8, 4) is 0 Å². The summed E-state index contributed by atoms with van der Waals surface area (Å²) in [7, 11) is 0. The molecular weight excluding hydrogens is 340 g/mol. The largest absolute Gasteiger partial charge is 0.274 e. The zero-order valence-corrected chi connectivity index (χ0v) is 13.4. The number of amides is 2. The second kappa shape index (κ2) is 5.85. The zero-order chi connectivity index (χ0) is 13.4. The number of rotatable bonds is 3. The van der Waals surface area contributed by atoms with Crippen molar-refractivity contribution < 1.29 is 9.59 Å². The smallest absolute Gasteiger partial charge is 0.261 e. The minimum absolute atomic E-state index is 0. The molecule has 1 aromatic carbocycles. The summed E-state index contributed by atoms with van der Waals surface area (Å²) in [6, 6.07) is 6.95. The normalized spacial score (nSPS) is 13.3. The zero-order valence-electron chi connectivity index (χ0n) is 10.8. The molecule has 0 radical (unpaired) electrons. The summed E-state index contributed by atoms with van der Waals surface area (Å²) in [6.07, 6.45) is 0.615. The van der Waals surface area contributed by atoms with Crippen LogP contribution < -0.4 is 0 Å². The van der Waals surface area contributed by atoms with Gasteiger partial charge in [0.2, 0.25) is 0 Å². The number of benzene rings is 1. The van der Waals surface area contributed by atoms with Crippen LogP contribution in [0.4, 0.5) is 0 Å². The van der Waals surface area contributed by atoms with Crippen molar-refractivity contribution in [1.82, 2.24) is 9.88 Å². The fraction of sp³-hybridized carbons (Fsp3) is 0.214. The number of nitrogens with zero attached hydrogens (tertiary/aromatic N) is 2. The number of carbonyl (C=O) groups excluding carboxylic acids is 2. The highest BCUT2D eigenvalue weighted by atomic mass is 79.9. The highest BCUT2D eigenvalue weighted by Gasteiger charge is 2.34. The van der Waals surface area contributed by atoms with E-state index in [1.165, 1.54) is 4.90 Å². The second-order valence-electron chi connectivity index (χ2n) is 4.44. The van der Waals surface area contributed by atoms with E-state index in [-0.39, 0.29) is 28.8 Å². The van der Waals surface area contributed by atoms with Crippen molar-refractivity contribution in [3.05, 3.63) is 51.5 Å². The molecule has 0 N–H and O–H groups in total. The molecule has 0 spiro atoms. The lowest BCUT2D eigenvalue weighted by molar-refractivity contribution is 0.0656. The molecule has 0 saturated heterocycles. The third kappa shape index (κ3) is 2.53. The molecule has 1 aromatic heterocycles. The number of aromatic nitrogens is 1. The summed E-state index contributed by atoms with van der Waals surface area (Å²) >= 11 is 1.56. The van der Waals surface area contributed by atoms with E-state index < -0.39 is 0 Å². The van der Waals surface area contributed by atoms with Crippen molar-refractivity contribution in [2.24, 2.45) is 0 Å². The Balaban J connectivity index is 0.00000147. The summed E-state index contributed by atoms with van der Waals surface area (Å²) < 4.78 is 0. The van der Waals surface area contributed by atoms with Crippen LogP contribution in [0.2, 0.25) is 0 Å². The van der Waals surface area contributed by atoms with E-state index >= 15 is 0 Å². The van der Waals surface area contributed by atoms with Crippen LogP contribution in [0, 0.1) is 6.92 Å². The monoisotopic (exact) mass is 352 g/mol. The van der Waals surface area contributed by atoms with Gasteiger partial charge < -0.3 is 0 Å². The van der Waals surface area contributed by atoms with Crippen LogP contribution in [-0.4, -0.2) is 28.2 Å². The maximum atomic E-state index is 12.1. The van der Waals surface area contributed by atoms with Crippen molar-refractivity contribution in [3.63, 3.8) is 0 Å². The van der Waals surface area contributed by atoms with E-state index in [1.54, 1.807) is 35.6 Å². The van der Waals surface area contributed by atoms with Gasteiger partial charge in [-0.25, -0.2) is 4.98 Å². The first-order valence-electron chi connectivity index (χ1n) is 6.03. The molecule has 0 saturated carbocycles. The van der Waals surface area contributed by atoms with Crippen LogP contribution in [0.3, 0.4) is 0 Å². The highest BCUT2D eigenvalue weighted by molar-refractivity contribution is 8.93. The molecular formula is C14H13BrN2O2S. The molecule has 0 bridgehead atoms. The standard InChI is InChI=1S/C14H12N2O2S.BrH/c1-9-8-19-12(15-9)6-7-16-13(17)10-4-2-3-5-11(10)14(16)18;/h2-5,8H,6-7H2,1H3;1H. The molecule has 1 aliphatic rings. The van der Waals surface area contributed by atoms with Gasteiger partial charge in [-0.15, -0.1) is 28.3 Å². The van der Waals surface area contributed by atoms with Gasteiger partial charge in [0.1, 0.15) is 0 Å². The van der Waals surface area contributed by atoms with Gasteiger partial charge in [-0.2, -0.15) is 0 Å².